The highest BCUT2D eigenvalue weighted by Gasteiger charge is 2.37. The number of nitrogens with one attached hydrogen (secondary N) is 2. The highest BCUT2D eigenvalue weighted by molar-refractivity contribution is 5.99. The van der Waals surface area contributed by atoms with Gasteiger partial charge in [-0.1, -0.05) is 42.5 Å². The first-order valence-corrected chi connectivity index (χ1v) is 12.5. The van der Waals surface area contributed by atoms with Crippen LogP contribution in [0.5, 0.6) is 0 Å². The van der Waals surface area contributed by atoms with Gasteiger partial charge >= 0.3 is 0 Å². The van der Waals surface area contributed by atoms with E-state index in [0.29, 0.717) is 24.9 Å². The van der Waals surface area contributed by atoms with Crippen molar-refractivity contribution in [1.29, 1.82) is 0 Å². The topological polar surface area (TPSA) is 191 Å². The molecule has 0 unspecified atom stereocenters. The van der Waals surface area contributed by atoms with Crippen LogP contribution >= 0.6 is 0 Å². The molecule has 202 valence electrons. The van der Waals surface area contributed by atoms with Crippen LogP contribution in [0.25, 0.3) is 0 Å². The molecule has 0 saturated carbocycles. The van der Waals surface area contributed by atoms with E-state index in [0.717, 1.165) is 11.1 Å². The molecule has 0 radical (unpaired) electrons. The van der Waals surface area contributed by atoms with Crippen molar-refractivity contribution in [2.75, 3.05) is 6.54 Å². The summed E-state index contributed by atoms with van der Waals surface area (Å²) in [5.74, 6) is -3.24. The Morgan fingerprint density at radius 3 is 2.16 bits per heavy atom. The smallest absolute Gasteiger partial charge is 0.254 e. The van der Waals surface area contributed by atoms with Crippen LogP contribution in [0.3, 0.4) is 0 Å². The maximum atomic E-state index is 13.6. The fourth-order valence-electron chi connectivity index (χ4n) is 4.44. The minimum atomic E-state index is -1.31. The van der Waals surface area contributed by atoms with E-state index in [-0.39, 0.29) is 25.3 Å². The van der Waals surface area contributed by atoms with Gasteiger partial charge in [-0.05, 0) is 49.1 Å². The molecule has 3 rings (SSSR count). The molecule has 1 aliphatic heterocycles. The summed E-state index contributed by atoms with van der Waals surface area (Å²) in [6.07, 6.45) is 1.15. The number of amides is 5. The third-order valence-electron chi connectivity index (χ3n) is 6.48. The Kier molecular flexibility index (Phi) is 9.94. The van der Waals surface area contributed by atoms with Gasteiger partial charge in [0.05, 0.1) is 6.42 Å². The summed E-state index contributed by atoms with van der Waals surface area (Å²) in [5, 5.41) is 5.17. The minimum absolute atomic E-state index is 0.229. The van der Waals surface area contributed by atoms with Gasteiger partial charge in [0.15, 0.2) is 0 Å². The maximum absolute atomic E-state index is 13.6. The molecule has 2 aromatic carbocycles. The Morgan fingerprint density at radius 1 is 0.868 bits per heavy atom. The first kappa shape index (κ1) is 28.3. The Bertz CT molecular complexity index is 1170. The molecule has 0 bridgehead atoms. The fraction of sp³-hybridized carbons (Fsp3) is 0.370. The Labute approximate surface area is 221 Å². The lowest BCUT2D eigenvalue weighted by Crippen LogP contribution is -2.58. The molecule has 0 saturated heterocycles. The van der Waals surface area contributed by atoms with E-state index in [1.54, 1.807) is 30.3 Å². The van der Waals surface area contributed by atoms with E-state index in [2.05, 4.69) is 10.6 Å². The van der Waals surface area contributed by atoms with Crippen LogP contribution in [0.2, 0.25) is 0 Å². The lowest BCUT2D eigenvalue weighted by atomic mass is 9.92. The molecule has 1 heterocycles. The molecule has 38 heavy (non-hydrogen) atoms. The summed E-state index contributed by atoms with van der Waals surface area (Å²) in [4.78, 5) is 64.7. The van der Waals surface area contributed by atoms with Gasteiger partial charge in [-0.25, -0.2) is 0 Å². The summed E-state index contributed by atoms with van der Waals surface area (Å²) in [6.45, 7) is 0.626. The predicted octanol–water partition coefficient (Wildman–Crippen LogP) is -0.287. The number of fused-ring (bicyclic) bond motifs is 1. The Balaban J connectivity index is 1.85. The zero-order valence-corrected chi connectivity index (χ0v) is 21.1. The quantitative estimate of drug-likeness (QED) is 0.238. The summed E-state index contributed by atoms with van der Waals surface area (Å²) in [7, 11) is 0. The first-order valence-electron chi connectivity index (χ1n) is 12.5. The van der Waals surface area contributed by atoms with Crippen LogP contribution in [0.1, 0.15) is 47.2 Å². The van der Waals surface area contributed by atoms with Crippen LogP contribution < -0.4 is 27.8 Å². The number of nitrogens with zero attached hydrogens (tertiary/aromatic N) is 1. The van der Waals surface area contributed by atoms with Crippen molar-refractivity contribution < 1.29 is 24.0 Å². The van der Waals surface area contributed by atoms with Crippen LogP contribution in [0.15, 0.2) is 54.6 Å². The highest BCUT2D eigenvalue weighted by atomic mass is 16.2. The molecule has 0 aliphatic carbocycles. The van der Waals surface area contributed by atoms with Gasteiger partial charge in [-0.3, -0.25) is 24.0 Å². The number of hydrogen-bond donors (Lipinski definition) is 5. The molecule has 8 N–H and O–H groups in total. The third-order valence-corrected chi connectivity index (χ3v) is 6.48. The highest BCUT2D eigenvalue weighted by Crippen LogP contribution is 2.25. The van der Waals surface area contributed by atoms with Crippen molar-refractivity contribution >= 4 is 29.5 Å². The van der Waals surface area contributed by atoms with Crippen molar-refractivity contribution in [2.45, 2.75) is 56.8 Å². The summed E-state index contributed by atoms with van der Waals surface area (Å²) in [5.41, 5.74) is 18.4. The fourth-order valence-corrected chi connectivity index (χ4v) is 4.44. The van der Waals surface area contributed by atoms with Crippen LogP contribution in [0.4, 0.5) is 0 Å². The van der Waals surface area contributed by atoms with Crippen molar-refractivity contribution in [3.8, 4) is 0 Å². The average molecular weight is 523 g/mol. The molecule has 5 amide bonds. The average Bonchev–Trinajstić information content (AvgIpc) is 2.91. The number of hydrogen-bond acceptors (Lipinski definition) is 6. The van der Waals surface area contributed by atoms with Crippen molar-refractivity contribution in [2.24, 2.45) is 17.2 Å². The normalized spacial score (nSPS) is 16.0. The molecule has 3 atom stereocenters. The standard InChI is InChI=1S/C27H34N6O5/c28-13-7-6-12-20(25(36)32-21(24(30)35)15-23(29)34)31-26(37)22-14-18-10-4-5-11-19(18)16-33(22)27(38)17-8-2-1-3-9-17/h1-5,8-11,20-22H,6-7,12-16,28H2,(H2,29,34)(H2,30,35)(H,31,37)(H,32,36)/t20-,21-,22-/m0/s1. The summed E-state index contributed by atoms with van der Waals surface area (Å²) < 4.78 is 0. The van der Waals surface area contributed by atoms with Gasteiger partial charge in [-0.2, -0.15) is 0 Å². The molecule has 0 fully saturated rings. The molecule has 11 heteroatoms. The van der Waals surface area contributed by atoms with E-state index >= 15 is 0 Å². The third kappa shape index (κ3) is 7.39. The molecular formula is C27H34N6O5. The van der Waals surface area contributed by atoms with E-state index in [4.69, 9.17) is 17.2 Å². The second kappa shape index (κ2) is 13.3. The Morgan fingerprint density at radius 2 is 1.53 bits per heavy atom. The van der Waals surface area contributed by atoms with E-state index in [9.17, 15) is 24.0 Å². The Hall–Kier alpha value is -4.25. The lowest BCUT2D eigenvalue weighted by molar-refractivity contribution is -0.134. The summed E-state index contributed by atoms with van der Waals surface area (Å²) in [6, 6.07) is 13.0. The maximum Gasteiger partial charge on any atom is 0.254 e. The number of rotatable bonds is 12. The van der Waals surface area contributed by atoms with Gasteiger partial charge in [-0.15, -0.1) is 0 Å². The SMILES string of the molecule is NCCCC[C@H](NC(=O)[C@@H]1Cc2ccccc2CN1C(=O)c1ccccc1)C(=O)N[C@@H](CC(N)=O)C(N)=O. The monoisotopic (exact) mass is 522 g/mol. The molecular weight excluding hydrogens is 488 g/mol. The zero-order valence-electron chi connectivity index (χ0n) is 21.1. The molecule has 0 aromatic heterocycles. The van der Waals surface area contributed by atoms with Gasteiger partial charge in [0.2, 0.25) is 23.6 Å². The van der Waals surface area contributed by atoms with Crippen LogP contribution in [-0.4, -0.2) is 59.1 Å². The van der Waals surface area contributed by atoms with Gasteiger partial charge < -0.3 is 32.7 Å². The van der Waals surface area contributed by atoms with E-state index in [1.165, 1.54) is 4.90 Å². The molecule has 2 aromatic rings. The van der Waals surface area contributed by atoms with Crippen molar-refractivity contribution in [1.82, 2.24) is 15.5 Å². The number of nitrogens with two attached hydrogens (primary N) is 3. The number of carbonyl (C=O) groups excluding carboxylic acids is 5. The minimum Gasteiger partial charge on any atom is -0.370 e. The largest absolute Gasteiger partial charge is 0.370 e. The molecule has 1 aliphatic rings. The van der Waals surface area contributed by atoms with E-state index < -0.39 is 48.2 Å². The second-order valence-electron chi connectivity index (χ2n) is 9.27. The first-order chi connectivity index (χ1) is 18.2. The van der Waals surface area contributed by atoms with Crippen LogP contribution in [0, 0.1) is 0 Å². The molecule has 11 nitrogen and oxygen atoms in total. The number of primary amides is 2. The second-order valence-corrected chi connectivity index (χ2v) is 9.27. The predicted molar refractivity (Wildman–Crippen MR) is 140 cm³/mol. The zero-order chi connectivity index (χ0) is 27.7. The van der Waals surface area contributed by atoms with E-state index in [1.807, 2.05) is 24.3 Å². The number of benzene rings is 2. The lowest BCUT2D eigenvalue weighted by Gasteiger charge is -2.37. The molecule has 0 spiro atoms. The summed E-state index contributed by atoms with van der Waals surface area (Å²) >= 11 is 0. The number of carbonyl (C=O) groups is 5. The van der Waals surface area contributed by atoms with Crippen LogP contribution in [-0.2, 0) is 32.1 Å². The van der Waals surface area contributed by atoms with Crippen molar-refractivity contribution in [3.63, 3.8) is 0 Å². The van der Waals surface area contributed by atoms with Gasteiger partial charge in [0.1, 0.15) is 18.1 Å². The van der Waals surface area contributed by atoms with Gasteiger partial charge in [0, 0.05) is 18.5 Å². The van der Waals surface area contributed by atoms with Gasteiger partial charge in [0.25, 0.3) is 5.91 Å². The number of unbranched alkanes of at least 4 members (excludes halogenated alkanes) is 1. The van der Waals surface area contributed by atoms with Crippen molar-refractivity contribution in [3.05, 3.63) is 71.3 Å².